The quantitative estimate of drug-likeness (QED) is 0.862. The van der Waals surface area contributed by atoms with E-state index < -0.39 is 5.54 Å². The first-order valence-electron chi connectivity index (χ1n) is 6.00. The minimum Gasteiger partial charge on any atom is -0.320 e. The van der Waals surface area contributed by atoms with Crippen molar-refractivity contribution in [3.63, 3.8) is 0 Å². The summed E-state index contributed by atoms with van der Waals surface area (Å²) in [7, 11) is 0. The number of nitriles is 1. The second-order valence-electron chi connectivity index (χ2n) is 4.84. The monoisotopic (exact) mass is 253 g/mol. The molecule has 0 heterocycles. The molecule has 4 heteroatoms. The zero-order valence-electron chi connectivity index (χ0n) is 10.9. The van der Waals surface area contributed by atoms with Gasteiger partial charge in [-0.1, -0.05) is 36.4 Å². The summed E-state index contributed by atoms with van der Waals surface area (Å²) < 4.78 is 0. The van der Waals surface area contributed by atoms with E-state index >= 15 is 0 Å². The van der Waals surface area contributed by atoms with Crippen molar-refractivity contribution in [1.82, 2.24) is 5.32 Å². The van der Waals surface area contributed by atoms with Gasteiger partial charge in [0.2, 0.25) is 0 Å². The van der Waals surface area contributed by atoms with Gasteiger partial charge in [0.25, 0.3) is 0 Å². The third-order valence-electron chi connectivity index (χ3n) is 2.74. The number of rotatable bonds is 2. The van der Waals surface area contributed by atoms with Crippen LogP contribution in [0.3, 0.4) is 0 Å². The minimum atomic E-state index is -0.894. The fourth-order valence-electron chi connectivity index (χ4n) is 1.80. The molecule has 0 spiro atoms. The van der Waals surface area contributed by atoms with Crippen LogP contribution in [0.25, 0.3) is 10.8 Å². The van der Waals surface area contributed by atoms with Gasteiger partial charge in [0.1, 0.15) is 5.54 Å². The van der Waals surface area contributed by atoms with Gasteiger partial charge in [-0.05, 0) is 25.3 Å². The van der Waals surface area contributed by atoms with Gasteiger partial charge < -0.3 is 10.6 Å². The van der Waals surface area contributed by atoms with Gasteiger partial charge in [0.05, 0.1) is 11.8 Å². The fraction of sp³-hybridized carbons (Fsp3) is 0.200. The number of benzene rings is 2. The highest BCUT2D eigenvalue weighted by Crippen LogP contribution is 2.22. The van der Waals surface area contributed by atoms with Crippen LogP contribution in [0, 0.1) is 11.3 Å². The number of hydrogen-bond acceptors (Lipinski definition) is 2. The first-order chi connectivity index (χ1) is 9.02. The lowest BCUT2D eigenvalue weighted by Gasteiger charge is -2.18. The number of urea groups is 1. The second-order valence-corrected chi connectivity index (χ2v) is 4.84. The second kappa shape index (κ2) is 4.99. The van der Waals surface area contributed by atoms with Crippen molar-refractivity contribution >= 4 is 22.5 Å². The van der Waals surface area contributed by atoms with E-state index in [9.17, 15) is 4.79 Å². The van der Waals surface area contributed by atoms with E-state index in [1.54, 1.807) is 13.8 Å². The maximum absolute atomic E-state index is 11.9. The van der Waals surface area contributed by atoms with Gasteiger partial charge in [-0.25, -0.2) is 4.79 Å². The number of nitrogens with zero attached hydrogens (tertiary/aromatic N) is 1. The topological polar surface area (TPSA) is 64.9 Å². The molecular formula is C15H15N3O. The molecule has 0 unspecified atom stereocenters. The molecule has 0 atom stereocenters. The summed E-state index contributed by atoms with van der Waals surface area (Å²) in [5, 5.41) is 16.3. The van der Waals surface area contributed by atoms with Crippen LogP contribution in [0.2, 0.25) is 0 Å². The van der Waals surface area contributed by atoms with E-state index in [4.69, 9.17) is 5.26 Å². The molecule has 0 radical (unpaired) electrons. The van der Waals surface area contributed by atoms with Crippen molar-refractivity contribution in [3.05, 3.63) is 42.5 Å². The molecule has 2 rings (SSSR count). The predicted octanol–water partition coefficient (Wildman–Crippen LogP) is 3.26. The summed E-state index contributed by atoms with van der Waals surface area (Å²) in [5.74, 6) is 0. The van der Waals surface area contributed by atoms with Gasteiger partial charge in [0, 0.05) is 5.39 Å². The van der Waals surface area contributed by atoms with Gasteiger partial charge in [0.15, 0.2) is 0 Å². The zero-order chi connectivity index (χ0) is 13.9. The van der Waals surface area contributed by atoms with E-state index in [1.807, 2.05) is 48.5 Å². The number of hydrogen-bond donors (Lipinski definition) is 2. The number of fused-ring (bicyclic) bond motifs is 1. The van der Waals surface area contributed by atoms with Crippen molar-refractivity contribution in [2.24, 2.45) is 0 Å². The van der Waals surface area contributed by atoms with Crippen molar-refractivity contribution in [1.29, 1.82) is 5.26 Å². The molecular weight excluding hydrogens is 238 g/mol. The molecule has 2 aromatic rings. The van der Waals surface area contributed by atoms with Crippen molar-refractivity contribution in [2.75, 3.05) is 5.32 Å². The summed E-state index contributed by atoms with van der Waals surface area (Å²) in [4.78, 5) is 11.9. The van der Waals surface area contributed by atoms with Gasteiger partial charge in [-0.2, -0.15) is 5.26 Å². The molecule has 19 heavy (non-hydrogen) atoms. The van der Waals surface area contributed by atoms with Crippen LogP contribution >= 0.6 is 0 Å². The molecule has 0 aliphatic carbocycles. The largest absolute Gasteiger partial charge is 0.320 e. The maximum atomic E-state index is 11.9. The van der Waals surface area contributed by atoms with E-state index in [2.05, 4.69) is 10.6 Å². The average Bonchev–Trinajstić information content (AvgIpc) is 2.38. The van der Waals surface area contributed by atoms with Crippen LogP contribution in [-0.4, -0.2) is 11.6 Å². The number of carbonyl (C=O) groups excluding carboxylic acids is 1. The highest BCUT2D eigenvalue weighted by Gasteiger charge is 2.19. The molecule has 0 saturated heterocycles. The number of amides is 2. The molecule has 0 saturated carbocycles. The normalized spacial score (nSPS) is 10.8. The molecule has 2 N–H and O–H groups in total. The first-order valence-corrected chi connectivity index (χ1v) is 6.00. The standard InChI is InChI=1S/C15H15N3O/c1-15(2,10-16)18-14(19)17-13-9-5-7-11-6-3-4-8-12(11)13/h3-9H,1-2H3,(H2,17,18,19). The van der Waals surface area contributed by atoms with Crippen LogP contribution in [0.15, 0.2) is 42.5 Å². The summed E-state index contributed by atoms with van der Waals surface area (Å²) in [6, 6.07) is 15.1. The van der Waals surface area contributed by atoms with E-state index in [0.29, 0.717) is 0 Å². The maximum Gasteiger partial charge on any atom is 0.320 e. The molecule has 0 aliphatic heterocycles. The van der Waals surface area contributed by atoms with Crippen LogP contribution in [0.4, 0.5) is 10.5 Å². The first kappa shape index (κ1) is 12.9. The van der Waals surface area contributed by atoms with Gasteiger partial charge in [-0.15, -0.1) is 0 Å². The SMILES string of the molecule is CC(C)(C#N)NC(=O)Nc1cccc2ccccc12. The lowest BCUT2D eigenvalue weighted by Crippen LogP contribution is -2.44. The average molecular weight is 253 g/mol. The zero-order valence-corrected chi connectivity index (χ0v) is 10.9. The van der Waals surface area contributed by atoms with Crippen LogP contribution in [0.5, 0.6) is 0 Å². The van der Waals surface area contributed by atoms with Crippen LogP contribution < -0.4 is 10.6 Å². The lowest BCUT2D eigenvalue weighted by atomic mass is 10.1. The van der Waals surface area contributed by atoms with Crippen molar-refractivity contribution in [3.8, 4) is 6.07 Å². The summed E-state index contributed by atoms with van der Waals surface area (Å²) in [6.45, 7) is 3.30. The smallest absolute Gasteiger partial charge is 0.320 e. The van der Waals surface area contributed by atoms with Crippen molar-refractivity contribution < 1.29 is 4.79 Å². The Hall–Kier alpha value is -2.54. The third-order valence-corrected chi connectivity index (χ3v) is 2.74. The summed E-state index contributed by atoms with van der Waals surface area (Å²) >= 11 is 0. The van der Waals surface area contributed by atoms with E-state index in [1.165, 1.54) is 0 Å². The molecule has 2 amide bonds. The Morgan fingerprint density at radius 3 is 2.58 bits per heavy atom. The summed E-state index contributed by atoms with van der Waals surface area (Å²) in [5.41, 5.74) is -0.168. The van der Waals surface area contributed by atoms with E-state index in [0.717, 1.165) is 16.5 Å². The Bertz CT molecular complexity index is 650. The highest BCUT2D eigenvalue weighted by molar-refractivity contribution is 6.01. The number of anilines is 1. The third kappa shape index (κ3) is 3.02. The Labute approximate surface area is 112 Å². The van der Waals surface area contributed by atoms with Gasteiger partial charge in [-0.3, -0.25) is 0 Å². The highest BCUT2D eigenvalue weighted by atomic mass is 16.2. The van der Waals surface area contributed by atoms with Crippen molar-refractivity contribution in [2.45, 2.75) is 19.4 Å². The number of nitrogens with one attached hydrogen (secondary N) is 2. The lowest BCUT2D eigenvalue weighted by molar-refractivity contribution is 0.246. The number of carbonyl (C=O) groups is 1. The fourth-order valence-corrected chi connectivity index (χ4v) is 1.80. The van der Waals surface area contributed by atoms with E-state index in [-0.39, 0.29) is 6.03 Å². The Morgan fingerprint density at radius 1 is 1.16 bits per heavy atom. The molecule has 0 aliphatic rings. The van der Waals surface area contributed by atoms with Crippen LogP contribution in [-0.2, 0) is 0 Å². The van der Waals surface area contributed by atoms with Gasteiger partial charge >= 0.3 is 6.03 Å². The Kier molecular flexibility index (Phi) is 3.39. The molecule has 0 bridgehead atoms. The molecule has 2 aromatic carbocycles. The summed E-state index contributed by atoms with van der Waals surface area (Å²) in [6.07, 6.45) is 0. The Morgan fingerprint density at radius 2 is 1.84 bits per heavy atom. The molecule has 0 aromatic heterocycles. The Balaban J connectivity index is 2.23. The van der Waals surface area contributed by atoms with Crippen LogP contribution in [0.1, 0.15) is 13.8 Å². The molecule has 96 valence electrons. The predicted molar refractivity (Wildman–Crippen MR) is 75.8 cm³/mol. The molecule has 4 nitrogen and oxygen atoms in total. The minimum absolute atomic E-state index is 0.386. The molecule has 0 fully saturated rings.